The van der Waals surface area contributed by atoms with Crippen molar-refractivity contribution in [1.29, 1.82) is 0 Å². The molecule has 0 amide bonds. The van der Waals surface area contributed by atoms with Crippen LogP contribution < -0.4 is 5.32 Å². The molecule has 5 heteroatoms. The number of nitrogens with one attached hydrogen (secondary N) is 1. The second-order valence-electron chi connectivity index (χ2n) is 4.97. The standard InChI is InChI=1S/C13H21N5/c1-9(2)18-8-10(3)13(16-18)14-6-12-7-15-17(5)11(12)4/h7-9H,6H2,1-5H3,(H,14,16). The maximum absolute atomic E-state index is 4.54. The van der Waals surface area contributed by atoms with Gasteiger partial charge in [-0.3, -0.25) is 9.36 Å². The predicted octanol–water partition coefficient (Wildman–Crippen LogP) is 2.43. The molecule has 0 spiro atoms. The number of aromatic nitrogens is 4. The highest BCUT2D eigenvalue weighted by molar-refractivity contribution is 5.42. The lowest BCUT2D eigenvalue weighted by molar-refractivity contribution is 0.533. The number of nitrogens with zero attached hydrogens (tertiary/aromatic N) is 4. The quantitative estimate of drug-likeness (QED) is 0.902. The van der Waals surface area contributed by atoms with E-state index in [2.05, 4.69) is 49.4 Å². The van der Waals surface area contributed by atoms with Crippen LogP contribution in [0.1, 0.15) is 36.7 Å². The van der Waals surface area contributed by atoms with Gasteiger partial charge < -0.3 is 5.32 Å². The maximum atomic E-state index is 4.54. The Hall–Kier alpha value is -1.78. The highest BCUT2D eigenvalue weighted by Gasteiger charge is 2.08. The molecular formula is C13H21N5. The van der Waals surface area contributed by atoms with Crippen molar-refractivity contribution in [2.75, 3.05) is 5.32 Å². The van der Waals surface area contributed by atoms with Gasteiger partial charge in [-0.15, -0.1) is 0 Å². The fraction of sp³-hybridized carbons (Fsp3) is 0.538. The molecule has 0 radical (unpaired) electrons. The summed E-state index contributed by atoms with van der Waals surface area (Å²) in [5.41, 5.74) is 3.56. The molecule has 5 nitrogen and oxygen atoms in total. The fourth-order valence-corrected chi connectivity index (χ4v) is 1.82. The summed E-state index contributed by atoms with van der Waals surface area (Å²) in [5.74, 6) is 0.951. The van der Waals surface area contributed by atoms with Gasteiger partial charge in [-0.1, -0.05) is 0 Å². The molecule has 0 aromatic carbocycles. The first-order chi connectivity index (χ1) is 8.49. The van der Waals surface area contributed by atoms with E-state index >= 15 is 0 Å². The Morgan fingerprint density at radius 2 is 2.06 bits per heavy atom. The van der Waals surface area contributed by atoms with Gasteiger partial charge in [0.05, 0.1) is 6.20 Å². The summed E-state index contributed by atoms with van der Waals surface area (Å²) < 4.78 is 3.87. The zero-order valence-electron chi connectivity index (χ0n) is 11.7. The average Bonchev–Trinajstić information content (AvgIpc) is 2.83. The van der Waals surface area contributed by atoms with Gasteiger partial charge in [-0.2, -0.15) is 10.2 Å². The van der Waals surface area contributed by atoms with Crippen molar-refractivity contribution in [1.82, 2.24) is 19.6 Å². The molecule has 0 fully saturated rings. The van der Waals surface area contributed by atoms with Crippen molar-refractivity contribution in [2.45, 2.75) is 40.3 Å². The van der Waals surface area contributed by atoms with Crippen molar-refractivity contribution in [3.05, 3.63) is 29.2 Å². The van der Waals surface area contributed by atoms with Crippen LogP contribution in [0.25, 0.3) is 0 Å². The van der Waals surface area contributed by atoms with Crippen molar-refractivity contribution in [2.24, 2.45) is 7.05 Å². The average molecular weight is 247 g/mol. The Balaban J connectivity index is 2.08. The first kappa shape index (κ1) is 12.7. The SMILES string of the molecule is Cc1cn(C(C)C)nc1NCc1cnn(C)c1C. The van der Waals surface area contributed by atoms with E-state index in [0.29, 0.717) is 6.04 Å². The minimum atomic E-state index is 0.388. The van der Waals surface area contributed by atoms with E-state index in [0.717, 1.165) is 12.4 Å². The van der Waals surface area contributed by atoms with Gasteiger partial charge in [0.1, 0.15) is 0 Å². The summed E-state index contributed by atoms with van der Waals surface area (Å²) in [6, 6.07) is 0.388. The molecule has 0 aliphatic rings. The molecule has 2 rings (SSSR count). The second kappa shape index (κ2) is 4.84. The first-order valence-electron chi connectivity index (χ1n) is 6.26. The monoisotopic (exact) mass is 247 g/mol. The van der Waals surface area contributed by atoms with E-state index in [4.69, 9.17) is 0 Å². The largest absolute Gasteiger partial charge is 0.364 e. The number of hydrogen-bond donors (Lipinski definition) is 1. The van der Waals surface area contributed by atoms with Crippen LogP contribution in [-0.2, 0) is 13.6 Å². The molecule has 0 saturated heterocycles. The molecule has 0 aliphatic carbocycles. The third-order valence-corrected chi connectivity index (χ3v) is 3.23. The van der Waals surface area contributed by atoms with Crippen LogP contribution in [0.4, 0.5) is 5.82 Å². The number of hydrogen-bond acceptors (Lipinski definition) is 3. The van der Waals surface area contributed by atoms with Crippen LogP contribution in [0.15, 0.2) is 12.4 Å². The molecule has 18 heavy (non-hydrogen) atoms. The molecule has 2 aromatic rings. The summed E-state index contributed by atoms with van der Waals surface area (Å²) in [6.07, 6.45) is 3.97. The third kappa shape index (κ3) is 2.39. The number of aryl methyl sites for hydroxylation is 2. The zero-order valence-corrected chi connectivity index (χ0v) is 11.7. The molecule has 0 bridgehead atoms. The van der Waals surface area contributed by atoms with Gasteiger partial charge in [0.2, 0.25) is 0 Å². The molecule has 98 valence electrons. The van der Waals surface area contributed by atoms with Gasteiger partial charge in [0.25, 0.3) is 0 Å². The summed E-state index contributed by atoms with van der Waals surface area (Å²) in [5, 5.41) is 12.1. The van der Waals surface area contributed by atoms with Crippen molar-refractivity contribution in [3.8, 4) is 0 Å². The van der Waals surface area contributed by atoms with Crippen molar-refractivity contribution in [3.63, 3.8) is 0 Å². The summed E-state index contributed by atoms with van der Waals surface area (Å²) in [6.45, 7) is 9.16. The van der Waals surface area contributed by atoms with Gasteiger partial charge in [0, 0.05) is 42.7 Å². The van der Waals surface area contributed by atoms with Crippen LogP contribution in [0, 0.1) is 13.8 Å². The predicted molar refractivity (Wildman–Crippen MR) is 72.6 cm³/mol. The lowest BCUT2D eigenvalue weighted by Gasteiger charge is -2.05. The third-order valence-electron chi connectivity index (χ3n) is 3.23. The molecule has 2 aromatic heterocycles. The number of anilines is 1. The number of rotatable bonds is 4. The summed E-state index contributed by atoms with van der Waals surface area (Å²) in [4.78, 5) is 0. The summed E-state index contributed by atoms with van der Waals surface area (Å²) in [7, 11) is 1.96. The summed E-state index contributed by atoms with van der Waals surface area (Å²) >= 11 is 0. The lowest BCUT2D eigenvalue weighted by Crippen LogP contribution is -2.05. The second-order valence-corrected chi connectivity index (χ2v) is 4.97. The van der Waals surface area contributed by atoms with E-state index in [1.807, 2.05) is 22.6 Å². The van der Waals surface area contributed by atoms with E-state index in [9.17, 15) is 0 Å². The van der Waals surface area contributed by atoms with Crippen molar-refractivity contribution < 1.29 is 0 Å². The Labute approximate surface area is 108 Å². The topological polar surface area (TPSA) is 47.7 Å². The minimum Gasteiger partial charge on any atom is -0.364 e. The molecule has 0 saturated carbocycles. The highest BCUT2D eigenvalue weighted by atomic mass is 15.3. The fourth-order valence-electron chi connectivity index (χ4n) is 1.82. The van der Waals surface area contributed by atoms with Crippen LogP contribution in [0.2, 0.25) is 0 Å². The van der Waals surface area contributed by atoms with E-state index < -0.39 is 0 Å². The van der Waals surface area contributed by atoms with Gasteiger partial charge in [-0.05, 0) is 27.7 Å². The molecule has 0 unspecified atom stereocenters. The van der Waals surface area contributed by atoms with E-state index in [-0.39, 0.29) is 0 Å². The van der Waals surface area contributed by atoms with Crippen LogP contribution in [0.3, 0.4) is 0 Å². The maximum Gasteiger partial charge on any atom is 0.151 e. The Bertz CT molecular complexity index is 536. The normalized spacial score (nSPS) is 11.2. The molecular weight excluding hydrogens is 226 g/mol. The smallest absolute Gasteiger partial charge is 0.151 e. The van der Waals surface area contributed by atoms with E-state index in [1.165, 1.54) is 16.8 Å². The van der Waals surface area contributed by atoms with Gasteiger partial charge >= 0.3 is 0 Å². The van der Waals surface area contributed by atoms with Crippen LogP contribution in [0.5, 0.6) is 0 Å². The van der Waals surface area contributed by atoms with E-state index in [1.54, 1.807) is 0 Å². The molecule has 0 aliphatic heterocycles. The minimum absolute atomic E-state index is 0.388. The Morgan fingerprint density at radius 1 is 1.33 bits per heavy atom. The van der Waals surface area contributed by atoms with Gasteiger partial charge in [-0.25, -0.2) is 0 Å². The van der Waals surface area contributed by atoms with Gasteiger partial charge in [0.15, 0.2) is 5.82 Å². The Morgan fingerprint density at radius 3 is 2.56 bits per heavy atom. The molecule has 2 heterocycles. The van der Waals surface area contributed by atoms with Crippen molar-refractivity contribution >= 4 is 5.82 Å². The first-order valence-corrected chi connectivity index (χ1v) is 6.26. The molecule has 0 atom stereocenters. The molecule has 1 N–H and O–H groups in total. The van der Waals surface area contributed by atoms with Crippen LogP contribution in [-0.4, -0.2) is 19.6 Å². The zero-order chi connectivity index (χ0) is 13.3. The van der Waals surface area contributed by atoms with Crippen LogP contribution >= 0.6 is 0 Å². The lowest BCUT2D eigenvalue weighted by atomic mass is 10.2. The Kier molecular flexibility index (Phi) is 3.41. The highest BCUT2D eigenvalue weighted by Crippen LogP contribution is 2.16.